The van der Waals surface area contributed by atoms with E-state index in [9.17, 15) is 18.0 Å². The predicted octanol–water partition coefficient (Wildman–Crippen LogP) is 2.28. The van der Waals surface area contributed by atoms with Gasteiger partial charge in [-0.15, -0.1) is 24.0 Å². The van der Waals surface area contributed by atoms with Crippen molar-refractivity contribution in [3.8, 4) is 0 Å². The summed E-state index contributed by atoms with van der Waals surface area (Å²) in [4.78, 5) is 15.4. The number of alkyl halides is 3. The molecule has 0 saturated heterocycles. The minimum absolute atomic E-state index is 0. The molecule has 0 radical (unpaired) electrons. The van der Waals surface area contributed by atoms with Crippen molar-refractivity contribution in [1.29, 1.82) is 0 Å². The van der Waals surface area contributed by atoms with Crippen LogP contribution < -0.4 is 16.0 Å². The first-order chi connectivity index (χ1) is 10.4. The number of hydrogen-bond donors (Lipinski definition) is 3. The maximum Gasteiger partial charge on any atom is 0.390 e. The van der Waals surface area contributed by atoms with Gasteiger partial charge in [0.05, 0.1) is 6.42 Å². The van der Waals surface area contributed by atoms with Gasteiger partial charge in [0.1, 0.15) is 0 Å². The minimum Gasteiger partial charge on any atom is -0.356 e. The normalized spacial score (nSPS) is 11.4. The van der Waals surface area contributed by atoms with Gasteiger partial charge < -0.3 is 16.0 Å². The molecular weight excluding hydrogens is 424 g/mol. The Hall–Kier alpha value is -1.52. The fourth-order valence-corrected chi connectivity index (χ4v) is 1.70. The summed E-state index contributed by atoms with van der Waals surface area (Å²) in [7, 11) is 3.02. The third kappa shape index (κ3) is 8.62. The predicted molar refractivity (Wildman–Crippen MR) is 94.1 cm³/mol. The Labute approximate surface area is 150 Å². The monoisotopic (exact) mass is 444 g/mol. The number of carbonyl (C=O) groups excluding carboxylic acids is 1. The van der Waals surface area contributed by atoms with E-state index >= 15 is 0 Å². The fourth-order valence-electron chi connectivity index (χ4n) is 1.70. The van der Waals surface area contributed by atoms with Crippen molar-refractivity contribution < 1.29 is 18.0 Å². The highest BCUT2D eigenvalue weighted by Crippen LogP contribution is 2.18. The van der Waals surface area contributed by atoms with Crippen LogP contribution >= 0.6 is 24.0 Å². The molecule has 0 fully saturated rings. The number of benzene rings is 1. The minimum atomic E-state index is -4.20. The number of amides is 1. The lowest BCUT2D eigenvalue weighted by atomic mass is 10.1. The molecule has 0 aliphatic carbocycles. The van der Waals surface area contributed by atoms with Crippen LogP contribution in [0.25, 0.3) is 0 Å². The molecule has 130 valence electrons. The quantitative estimate of drug-likeness (QED) is 0.371. The van der Waals surface area contributed by atoms with Gasteiger partial charge in [-0.3, -0.25) is 9.79 Å². The van der Waals surface area contributed by atoms with E-state index < -0.39 is 12.6 Å². The molecule has 0 aromatic heterocycles. The molecule has 5 nitrogen and oxygen atoms in total. The zero-order valence-corrected chi connectivity index (χ0v) is 15.2. The summed E-state index contributed by atoms with van der Waals surface area (Å²) >= 11 is 0. The van der Waals surface area contributed by atoms with E-state index in [0.717, 1.165) is 5.56 Å². The molecule has 9 heteroatoms. The van der Waals surface area contributed by atoms with Crippen molar-refractivity contribution in [3.05, 3.63) is 35.4 Å². The number of guanidine groups is 1. The lowest BCUT2D eigenvalue weighted by Gasteiger charge is -2.13. The summed E-state index contributed by atoms with van der Waals surface area (Å²) in [5.74, 6) is 0.0733. The highest BCUT2D eigenvalue weighted by Gasteiger charge is 2.26. The van der Waals surface area contributed by atoms with Crippen molar-refractivity contribution in [2.45, 2.75) is 19.1 Å². The summed E-state index contributed by atoms with van der Waals surface area (Å²) < 4.78 is 36.2. The van der Waals surface area contributed by atoms with Crippen LogP contribution in [0.3, 0.4) is 0 Å². The van der Waals surface area contributed by atoms with Gasteiger partial charge in [-0.2, -0.15) is 13.2 Å². The van der Waals surface area contributed by atoms with Crippen molar-refractivity contribution in [2.75, 3.05) is 20.6 Å². The molecule has 23 heavy (non-hydrogen) atoms. The molecule has 1 amide bonds. The van der Waals surface area contributed by atoms with Crippen LogP contribution in [0, 0.1) is 0 Å². The number of halogens is 4. The average Bonchev–Trinajstić information content (AvgIpc) is 2.49. The molecule has 0 aliphatic heterocycles. The fraction of sp³-hybridized carbons (Fsp3) is 0.429. The van der Waals surface area contributed by atoms with Crippen LogP contribution in [0.4, 0.5) is 13.2 Å². The standard InChI is InChI=1S/C14H19F3N4O.HI/c1-18-12(22)11-5-3-4-10(8-11)9-21-13(19-2)20-7-6-14(15,16)17;/h3-5,8H,6-7,9H2,1-2H3,(H,18,22)(H2,19,20,21);1H. The number of rotatable bonds is 5. The van der Waals surface area contributed by atoms with Crippen molar-refractivity contribution in [2.24, 2.45) is 4.99 Å². The van der Waals surface area contributed by atoms with E-state index in [1.54, 1.807) is 25.2 Å². The summed E-state index contributed by atoms with van der Waals surface area (Å²) in [6.45, 7) is 0.0952. The summed E-state index contributed by atoms with van der Waals surface area (Å²) in [5.41, 5.74) is 1.33. The second-order valence-corrected chi connectivity index (χ2v) is 4.50. The zero-order valence-electron chi connectivity index (χ0n) is 12.8. The molecule has 3 N–H and O–H groups in total. The van der Waals surface area contributed by atoms with Crippen molar-refractivity contribution in [1.82, 2.24) is 16.0 Å². The Balaban J connectivity index is 0.00000484. The number of hydrogen-bond acceptors (Lipinski definition) is 2. The first-order valence-corrected chi connectivity index (χ1v) is 6.68. The molecule has 1 aromatic carbocycles. The molecule has 0 bridgehead atoms. The van der Waals surface area contributed by atoms with Crippen LogP contribution in [0.5, 0.6) is 0 Å². The molecule has 0 atom stereocenters. The molecule has 0 saturated carbocycles. The average molecular weight is 444 g/mol. The van der Waals surface area contributed by atoms with E-state index in [0.29, 0.717) is 12.1 Å². The zero-order chi connectivity index (χ0) is 16.6. The first-order valence-electron chi connectivity index (χ1n) is 6.68. The summed E-state index contributed by atoms with van der Waals surface area (Å²) in [6, 6.07) is 6.93. The molecular formula is C14H20F3IN4O. The molecule has 0 aliphatic rings. The van der Waals surface area contributed by atoms with E-state index in [4.69, 9.17) is 0 Å². The number of nitrogens with zero attached hydrogens (tertiary/aromatic N) is 1. The van der Waals surface area contributed by atoms with Gasteiger partial charge >= 0.3 is 6.18 Å². The van der Waals surface area contributed by atoms with Gasteiger partial charge in [0.15, 0.2) is 5.96 Å². The van der Waals surface area contributed by atoms with Crippen LogP contribution in [-0.2, 0) is 6.54 Å². The Morgan fingerprint density at radius 3 is 2.52 bits per heavy atom. The van der Waals surface area contributed by atoms with E-state index in [-0.39, 0.29) is 42.4 Å². The molecule has 0 spiro atoms. The number of nitrogens with one attached hydrogen (secondary N) is 3. The largest absolute Gasteiger partial charge is 0.390 e. The topological polar surface area (TPSA) is 65.5 Å². The third-order valence-electron chi connectivity index (χ3n) is 2.80. The van der Waals surface area contributed by atoms with Crippen LogP contribution in [-0.4, -0.2) is 38.7 Å². The molecule has 1 aromatic rings. The van der Waals surface area contributed by atoms with Gasteiger partial charge in [-0.1, -0.05) is 12.1 Å². The lowest BCUT2D eigenvalue weighted by Crippen LogP contribution is -2.38. The maximum atomic E-state index is 12.1. The van der Waals surface area contributed by atoms with E-state index in [1.807, 2.05) is 6.07 Å². The Morgan fingerprint density at radius 2 is 1.96 bits per heavy atom. The van der Waals surface area contributed by atoms with Crippen LogP contribution in [0.1, 0.15) is 22.3 Å². The second kappa shape index (κ2) is 10.3. The van der Waals surface area contributed by atoms with Gasteiger partial charge in [0.25, 0.3) is 5.91 Å². The van der Waals surface area contributed by atoms with Crippen molar-refractivity contribution in [3.63, 3.8) is 0 Å². The highest BCUT2D eigenvalue weighted by atomic mass is 127. The highest BCUT2D eigenvalue weighted by molar-refractivity contribution is 14.0. The smallest absolute Gasteiger partial charge is 0.356 e. The number of carbonyl (C=O) groups is 1. The van der Waals surface area contributed by atoms with Gasteiger partial charge in [0.2, 0.25) is 0 Å². The molecule has 0 heterocycles. The van der Waals surface area contributed by atoms with Crippen molar-refractivity contribution >= 4 is 35.8 Å². The van der Waals surface area contributed by atoms with Gasteiger partial charge in [0, 0.05) is 32.7 Å². The summed E-state index contributed by atoms with van der Waals surface area (Å²) in [5, 5.41) is 8.00. The Morgan fingerprint density at radius 1 is 1.26 bits per heavy atom. The summed E-state index contributed by atoms with van der Waals surface area (Å²) in [6.07, 6.45) is -5.13. The Kier molecular flexibility index (Phi) is 9.61. The lowest BCUT2D eigenvalue weighted by molar-refractivity contribution is -0.132. The van der Waals surface area contributed by atoms with Gasteiger partial charge in [-0.05, 0) is 17.7 Å². The van der Waals surface area contributed by atoms with Crippen LogP contribution in [0.2, 0.25) is 0 Å². The van der Waals surface area contributed by atoms with E-state index in [1.165, 1.54) is 7.05 Å². The molecule has 0 unspecified atom stereocenters. The SMILES string of the molecule is CN=C(NCCC(F)(F)F)NCc1cccc(C(=O)NC)c1.I. The third-order valence-corrected chi connectivity index (χ3v) is 2.80. The number of aliphatic imine (C=N–C) groups is 1. The van der Waals surface area contributed by atoms with Gasteiger partial charge in [-0.25, -0.2) is 0 Å². The van der Waals surface area contributed by atoms with E-state index in [2.05, 4.69) is 20.9 Å². The second-order valence-electron chi connectivity index (χ2n) is 4.50. The first kappa shape index (κ1) is 21.5. The van der Waals surface area contributed by atoms with Crippen LogP contribution in [0.15, 0.2) is 29.3 Å². The Bertz CT molecular complexity index is 535. The molecule has 1 rings (SSSR count). The maximum absolute atomic E-state index is 12.1.